The number of benzene rings is 1. The molecule has 3 rings (SSSR count). The summed E-state index contributed by atoms with van der Waals surface area (Å²) in [4.78, 5) is 53.6. The summed E-state index contributed by atoms with van der Waals surface area (Å²) in [7, 11) is 0. The molecule has 0 spiro atoms. The van der Waals surface area contributed by atoms with Crippen molar-refractivity contribution in [3.05, 3.63) is 59.4 Å². The van der Waals surface area contributed by atoms with E-state index in [1.165, 1.54) is 11.8 Å². The Hall–Kier alpha value is -2.87. The zero-order valence-electron chi connectivity index (χ0n) is 14.6. The number of amides is 2. The molecule has 0 saturated heterocycles. The second kappa shape index (κ2) is 8.22. The van der Waals surface area contributed by atoms with Crippen molar-refractivity contribution in [1.29, 1.82) is 0 Å². The number of hydrogen-bond acceptors (Lipinski definition) is 6. The summed E-state index contributed by atoms with van der Waals surface area (Å²) in [6.07, 6.45) is 3.71. The summed E-state index contributed by atoms with van der Waals surface area (Å²) in [6, 6.07) is 8.61. The van der Waals surface area contributed by atoms with Gasteiger partial charge in [-0.15, -0.1) is 0 Å². The highest BCUT2D eigenvalue weighted by atomic mass is 32.2. The summed E-state index contributed by atoms with van der Waals surface area (Å²) < 4.78 is 5.13. The molecule has 0 saturated carbocycles. The van der Waals surface area contributed by atoms with Gasteiger partial charge in [0.25, 0.3) is 11.8 Å². The lowest BCUT2D eigenvalue weighted by Gasteiger charge is -2.24. The Morgan fingerprint density at radius 3 is 2.33 bits per heavy atom. The highest BCUT2D eigenvalue weighted by Gasteiger charge is 2.43. The summed E-state index contributed by atoms with van der Waals surface area (Å²) in [5, 5.41) is 0. The topological polar surface area (TPSA) is 96.5 Å². The number of ketones is 1. The first-order chi connectivity index (χ1) is 13.0. The van der Waals surface area contributed by atoms with Gasteiger partial charge < -0.3 is 9.72 Å². The third-order valence-corrected chi connectivity index (χ3v) is 4.89. The molecule has 1 aliphatic rings. The largest absolute Gasteiger partial charge is 0.456 e. The van der Waals surface area contributed by atoms with Gasteiger partial charge in [0.15, 0.2) is 6.61 Å². The average molecular weight is 386 g/mol. The number of fused-ring (bicyclic) bond motifs is 1. The van der Waals surface area contributed by atoms with Gasteiger partial charge in [0.1, 0.15) is 6.04 Å². The van der Waals surface area contributed by atoms with Crippen LogP contribution in [0.25, 0.3) is 0 Å². The number of Topliss-reactive ketones (excluding diaryl/α,β-unsaturated/α-hetero) is 1. The van der Waals surface area contributed by atoms with E-state index in [1.54, 1.807) is 42.6 Å². The molecule has 2 aromatic rings. The molecule has 8 heteroatoms. The van der Waals surface area contributed by atoms with Crippen molar-refractivity contribution >= 4 is 35.3 Å². The van der Waals surface area contributed by atoms with E-state index in [2.05, 4.69) is 4.98 Å². The lowest BCUT2D eigenvalue weighted by atomic mass is 10.1. The van der Waals surface area contributed by atoms with Crippen molar-refractivity contribution in [2.24, 2.45) is 0 Å². The zero-order chi connectivity index (χ0) is 19.4. The van der Waals surface area contributed by atoms with Crippen LogP contribution in [0.2, 0.25) is 0 Å². The van der Waals surface area contributed by atoms with Crippen molar-refractivity contribution in [3.63, 3.8) is 0 Å². The van der Waals surface area contributed by atoms with E-state index in [1.807, 2.05) is 6.26 Å². The number of nitrogens with one attached hydrogen (secondary N) is 1. The second-order valence-corrected chi connectivity index (χ2v) is 6.92. The van der Waals surface area contributed by atoms with Crippen LogP contribution in [0.1, 0.15) is 37.6 Å². The molecule has 1 N–H and O–H groups in total. The van der Waals surface area contributed by atoms with Crippen molar-refractivity contribution in [2.75, 3.05) is 18.6 Å². The molecule has 0 aliphatic carbocycles. The molecule has 1 atom stereocenters. The van der Waals surface area contributed by atoms with Gasteiger partial charge in [-0.25, -0.2) is 4.79 Å². The third kappa shape index (κ3) is 3.80. The summed E-state index contributed by atoms with van der Waals surface area (Å²) in [5.41, 5.74) is 0.864. The van der Waals surface area contributed by atoms with E-state index in [0.717, 1.165) is 4.90 Å². The van der Waals surface area contributed by atoms with Crippen LogP contribution in [0.15, 0.2) is 42.6 Å². The molecule has 0 fully saturated rings. The van der Waals surface area contributed by atoms with Gasteiger partial charge in [0.05, 0.1) is 16.8 Å². The minimum absolute atomic E-state index is 0.252. The number of carbonyl (C=O) groups is 4. The van der Waals surface area contributed by atoms with E-state index in [-0.39, 0.29) is 23.3 Å². The molecular weight excluding hydrogens is 368 g/mol. The first-order valence-electron chi connectivity index (χ1n) is 8.33. The maximum atomic E-state index is 12.7. The predicted octanol–water partition coefficient (Wildman–Crippen LogP) is 2.16. The highest BCUT2D eigenvalue weighted by Crippen LogP contribution is 2.26. The second-order valence-electron chi connectivity index (χ2n) is 5.94. The van der Waals surface area contributed by atoms with Crippen LogP contribution in [0.3, 0.4) is 0 Å². The number of nitrogens with zero attached hydrogens (tertiary/aromatic N) is 1. The van der Waals surface area contributed by atoms with Gasteiger partial charge in [-0.05, 0) is 42.7 Å². The van der Waals surface area contributed by atoms with E-state index >= 15 is 0 Å². The predicted molar refractivity (Wildman–Crippen MR) is 99.8 cm³/mol. The van der Waals surface area contributed by atoms with Crippen molar-refractivity contribution < 1.29 is 23.9 Å². The van der Waals surface area contributed by atoms with Crippen LogP contribution < -0.4 is 0 Å². The SMILES string of the molecule is CSCC[C@@H](C(=O)OCC(=O)c1ccc[nH]1)N1C(=O)c2ccccc2C1=O. The lowest BCUT2D eigenvalue weighted by molar-refractivity contribution is -0.147. The molecule has 7 nitrogen and oxygen atoms in total. The molecule has 2 amide bonds. The Morgan fingerprint density at radius 2 is 1.78 bits per heavy atom. The number of aromatic amines is 1. The van der Waals surface area contributed by atoms with Crippen LogP contribution in [-0.4, -0.2) is 58.1 Å². The van der Waals surface area contributed by atoms with E-state index in [9.17, 15) is 19.2 Å². The number of esters is 1. The molecular formula is C19H18N2O5S. The summed E-state index contributed by atoms with van der Waals surface area (Å²) >= 11 is 1.49. The summed E-state index contributed by atoms with van der Waals surface area (Å²) in [6.45, 7) is -0.460. The number of imide groups is 1. The fourth-order valence-corrected chi connectivity index (χ4v) is 3.35. The Morgan fingerprint density at radius 1 is 1.11 bits per heavy atom. The monoisotopic (exact) mass is 386 g/mol. The van der Waals surface area contributed by atoms with Crippen LogP contribution in [0.5, 0.6) is 0 Å². The van der Waals surface area contributed by atoms with E-state index in [4.69, 9.17) is 4.74 Å². The molecule has 1 aromatic heterocycles. The number of rotatable bonds is 8. The Labute approximate surface area is 160 Å². The summed E-state index contributed by atoms with van der Waals surface area (Å²) in [5.74, 6) is -1.64. The van der Waals surface area contributed by atoms with Gasteiger partial charge in [0, 0.05) is 6.20 Å². The standard InChI is InChI=1S/C19H18N2O5S/c1-27-10-8-15(19(25)26-11-16(22)14-7-4-9-20-14)21-17(23)12-5-2-3-6-13(12)18(21)24/h2-7,9,15,20H,8,10-11H2,1H3/t15-/m0/s1. The van der Waals surface area contributed by atoms with Crippen LogP contribution in [0, 0.1) is 0 Å². The molecule has 0 radical (unpaired) electrons. The molecule has 1 aliphatic heterocycles. The Balaban J connectivity index is 1.76. The van der Waals surface area contributed by atoms with Gasteiger partial charge in [-0.3, -0.25) is 19.3 Å². The van der Waals surface area contributed by atoms with Gasteiger partial charge in [-0.1, -0.05) is 12.1 Å². The number of aromatic nitrogens is 1. The number of carbonyl (C=O) groups excluding carboxylic acids is 4. The zero-order valence-corrected chi connectivity index (χ0v) is 15.5. The smallest absolute Gasteiger partial charge is 0.329 e. The van der Waals surface area contributed by atoms with Gasteiger partial charge in [0.2, 0.25) is 5.78 Å². The molecule has 27 heavy (non-hydrogen) atoms. The first kappa shape index (κ1) is 18.9. The van der Waals surface area contributed by atoms with E-state index < -0.39 is 30.4 Å². The van der Waals surface area contributed by atoms with Gasteiger partial charge >= 0.3 is 5.97 Å². The normalized spacial score (nSPS) is 14.2. The number of hydrogen-bond donors (Lipinski definition) is 1. The molecule has 2 heterocycles. The van der Waals surface area contributed by atoms with Crippen LogP contribution in [0.4, 0.5) is 0 Å². The Kier molecular flexibility index (Phi) is 5.75. The van der Waals surface area contributed by atoms with E-state index in [0.29, 0.717) is 11.4 Å². The molecule has 0 unspecified atom stereocenters. The van der Waals surface area contributed by atoms with Gasteiger partial charge in [-0.2, -0.15) is 11.8 Å². The lowest BCUT2D eigenvalue weighted by Crippen LogP contribution is -2.46. The Bertz CT molecular complexity index is 843. The molecule has 140 valence electrons. The minimum atomic E-state index is -1.07. The van der Waals surface area contributed by atoms with Crippen molar-refractivity contribution in [2.45, 2.75) is 12.5 Å². The van der Waals surface area contributed by atoms with Crippen molar-refractivity contribution in [3.8, 4) is 0 Å². The number of thioether (sulfide) groups is 1. The maximum Gasteiger partial charge on any atom is 0.329 e. The number of H-pyrrole nitrogens is 1. The molecule has 0 bridgehead atoms. The minimum Gasteiger partial charge on any atom is -0.456 e. The average Bonchev–Trinajstić information content (AvgIpc) is 3.30. The van der Waals surface area contributed by atoms with Crippen molar-refractivity contribution in [1.82, 2.24) is 9.88 Å². The number of ether oxygens (including phenoxy) is 1. The first-order valence-corrected chi connectivity index (χ1v) is 9.73. The highest BCUT2D eigenvalue weighted by molar-refractivity contribution is 7.98. The quantitative estimate of drug-likeness (QED) is 0.424. The van der Waals surface area contributed by atoms with Crippen LogP contribution >= 0.6 is 11.8 Å². The fraction of sp³-hybridized carbons (Fsp3) is 0.263. The molecule has 1 aromatic carbocycles. The fourth-order valence-electron chi connectivity index (χ4n) is 2.89. The van der Waals surface area contributed by atoms with Crippen LogP contribution in [-0.2, 0) is 9.53 Å². The maximum absolute atomic E-state index is 12.7. The third-order valence-electron chi connectivity index (χ3n) is 4.25.